The Hall–Kier alpha value is -1.53. The van der Waals surface area contributed by atoms with Gasteiger partial charge in [0.25, 0.3) is 0 Å². The smallest absolute Gasteiger partial charge is 0.303 e. The van der Waals surface area contributed by atoms with Gasteiger partial charge in [0.2, 0.25) is 0 Å². The van der Waals surface area contributed by atoms with Crippen LogP contribution in [0.3, 0.4) is 0 Å². The van der Waals surface area contributed by atoms with Gasteiger partial charge in [0.15, 0.2) is 0 Å². The molecule has 94 valence electrons. The maximum atomic E-state index is 12.4. The van der Waals surface area contributed by atoms with Crippen LogP contribution in [0.2, 0.25) is 0 Å². The van der Waals surface area contributed by atoms with Crippen molar-refractivity contribution in [1.29, 1.82) is 0 Å². The first kappa shape index (κ1) is 13.5. The molecule has 0 aromatic heterocycles. The number of halogens is 6. The van der Waals surface area contributed by atoms with Gasteiger partial charge in [-0.1, -0.05) is 6.07 Å². The van der Waals surface area contributed by atoms with Crippen molar-refractivity contribution >= 4 is 6.29 Å². The monoisotopic (exact) mass is 256 g/mol. The van der Waals surface area contributed by atoms with Crippen molar-refractivity contribution in [2.24, 2.45) is 0 Å². The Kier molecular flexibility index (Phi) is 3.49. The van der Waals surface area contributed by atoms with Crippen LogP contribution in [0, 0.1) is 0 Å². The van der Waals surface area contributed by atoms with Gasteiger partial charge in [0.05, 0.1) is 11.1 Å². The van der Waals surface area contributed by atoms with Gasteiger partial charge in [-0.2, -0.15) is 26.3 Å². The Bertz CT molecular complexity index is 418. The summed E-state index contributed by atoms with van der Waals surface area (Å²) in [5.74, 6) is 0. The Morgan fingerprint density at radius 2 is 1.47 bits per heavy atom. The van der Waals surface area contributed by atoms with Gasteiger partial charge in [-0.3, -0.25) is 0 Å². The van der Waals surface area contributed by atoms with E-state index in [4.69, 9.17) is 0 Å². The second kappa shape index (κ2) is 4.38. The largest absolute Gasteiger partial charge is 0.417 e. The quantitative estimate of drug-likeness (QED) is 0.585. The molecule has 0 saturated heterocycles. The number of alkyl halides is 6. The summed E-state index contributed by atoms with van der Waals surface area (Å²) in [6, 6.07) is 1.53. The fourth-order valence-electron chi connectivity index (χ4n) is 1.30. The third-order valence-corrected chi connectivity index (χ3v) is 2.01. The Morgan fingerprint density at radius 3 is 1.88 bits per heavy atom. The van der Waals surface area contributed by atoms with Crippen LogP contribution in [0.4, 0.5) is 26.3 Å². The molecule has 0 aliphatic rings. The van der Waals surface area contributed by atoms with E-state index in [-0.39, 0.29) is 12.0 Å². The number of benzene rings is 1. The normalized spacial score (nSPS) is 12.6. The summed E-state index contributed by atoms with van der Waals surface area (Å²) in [6.45, 7) is 0. The highest BCUT2D eigenvalue weighted by molar-refractivity contribution is 5.55. The molecule has 1 aromatic rings. The van der Waals surface area contributed by atoms with Gasteiger partial charge in [-0.25, -0.2) is 0 Å². The Labute approximate surface area is 92.0 Å². The van der Waals surface area contributed by atoms with E-state index in [9.17, 15) is 31.1 Å². The minimum absolute atomic E-state index is 0.111. The average molecular weight is 256 g/mol. The predicted octanol–water partition coefficient (Wildman–Crippen LogP) is 3.47. The third-order valence-electron chi connectivity index (χ3n) is 2.01. The minimum Gasteiger partial charge on any atom is -0.303 e. The molecule has 0 radical (unpaired) electrons. The Balaban J connectivity index is 3.37. The van der Waals surface area contributed by atoms with Gasteiger partial charge in [-0.15, -0.1) is 0 Å². The van der Waals surface area contributed by atoms with Gasteiger partial charge in [0.1, 0.15) is 6.29 Å². The molecule has 0 heterocycles. The van der Waals surface area contributed by atoms with Crippen molar-refractivity contribution in [3.63, 3.8) is 0 Å². The van der Waals surface area contributed by atoms with E-state index < -0.39 is 23.5 Å². The van der Waals surface area contributed by atoms with E-state index >= 15 is 0 Å². The molecule has 7 heteroatoms. The number of carbonyl (C=O) groups excluding carboxylic acids is 1. The van der Waals surface area contributed by atoms with E-state index in [1.165, 1.54) is 0 Å². The summed E-state index contributed by atoms with van der Waals surface area (Å²) >= 11 is 0. The lowest BCUT2D eigenvalue weighted by Crippen LogP contribution is -2.16. The van der Waals surface area contributed by atoms with Crippen LogP contribution in [0.25, 0.3) is 0 Å². The SMILES string of the molecule is O=CCc1ccc(C(F)(F)F)c(C(F)(F)F)c1. The fraction of sp³-hybridized carbons (Fsp3) is 0.300. The highest BCUT2D eigenvalue weighted by Crippen LogP contribution is 2.40. The number of hydrogen-bond donors (Lipinski definition) is 0. The Morgan fingerprint density at radius 1 is 0.941 bits per heavy atom. The molecule has 0 aliphatic heterocycles. The van der Waals surface area contributed by atoms with Crippen molar-refractivity contribution in [2.45, 2.75) is 18.8 Å². The van der Waals surface area contributed by atoms with Crippen LogP contribution in [-0.2, 0) is 23.6 Å². The van der Waals surface area contributed by atoms with Crippen molar-refractivity contribution in [1.82, 2.24) is 0 Å². The first-order valence-electron chi connectivity index (χ1n) is 4.37. The second-order valence-corrected chi connectivity index (χ2v) is 3.25. The average Bonchev–Trinajstić information content (AvgIpc) is 2.15. The number of carbonyl (C=O) groups is 1. The molecule has 0 N–H and O–H groups in total. The zero-order chi connectivity index (χ0) is 13.3. The van der Waals surface area contributed by atoms with E-state index in [0.717, 1.165) is 6.07 Å². The molecule has 1 aromatic carbocycles. The van der Waals surface area contributed by atoms with Crippen LogP contribution in [0.15, 0.2) is 18.2 Å². The van der Waals surface area contributed by atoms with Crippen molar-refractivity contribution in [3.8, 4) is 0 Å². The fourth-order valence-corrected chi connectivity index (χ4v) is 1.30. The summed E-state index contributed by atoms with van der Waals surface area (Å²) in [4.78, 5) is 10.1. The second-order valence-electron chi connectivity index (χ2n) is 3.25. The van der Waals surface area contributed by atoms with E-state index in [0.29, 0.717) is 18.4 Å². The van der Waals surface area contributed by atoms with E-state index in [1.807, 2.05) is 0 Å². The van der Waals surface area contributed by atoms with Crippen molar-refractivity contribution < 1.29 is 31.1 Å². The summed E-state index contributed by atoms with van der Waals surface area (Å²) in [5, 5.41) is 0. The van der Waals surface area contributed by atoms with Gasteiger partial charge >= 0.3 is 12.4 Å². The van der Waals surface area contributed by atoms with Crippen molar-refractivity contribution in [3.05, 3.63) is 34.9 Å². The van der Waals surface area contributed by atoms with Crippen LogP contribution < -0.4 is 0 Å². The molecule has 0 aliphatic carbocycles. The summed E-state index contributed by atoms with van der Waals surface area (Å²) < 4.78 is 74.2. The zero-order valence-corrected chi connectivity index (χ0v) is 8.19. The maximum Gasteiger partial charge on any atom is 0.417 e. The molecule has 1 nitrogen and oxygen atoms in total. The summed E-state index contributed by atoms with van der Waals surface area (Å²) in [6.07, 6.45) is -10.2. The standard InChI is InChI=1S/C10H6F6O/c11-9(12,13)7-2-1-6(3-4-17)5-8(7)10(14,15)16/h1-2,4-5H,3H2. The topological polar surface area (TPSA) is 17.1 Å². The molecule has 0 saturated carbocycles. The molecule has 17 heavy (non-hydrogen) atoms. The van der Waals surface area contributed by atoms with Gasteiger partial charge < -0.3 is 4.79 Å². The summed E-state index contributed by atoms with van der Waals surface area (Å²) in [5.41, 5.74) is -3.63. The molecule has 1 rings (SSSR count). The predicted molar refractivity (Wildman–Crippen MR) is 46.2 cm³/mol. The number of aldehydes is 1. The molecular weight excluding hydrogens is 250 g/mol. The molecule has 0 spiro atoms. The highest BCUT2D eigenvalue weighted by atomic mass is 19.4. The van der Waals surface area contributed by atoms with E-state index in [2.05, 4.69) is 0 Å². The zero-order valence-electron chi connectivity index (χ0n) is 8.19. The lowest BCUT2D eigenvalue weighted by atomic mass is 10.0. The highest BCUT2D eigenvalue weighted by Gasteiger charge is 2.42. The third kappa shape index (κ3) is 3.21. The molecule has 0 atom stereocenters. The maximum absolute atomic E-state index is 12.4. The van der Waals surface area contributed by atoms with Gasteiger partial charge in [0, 0.05) is 6.42 Å². The van der Waals surface area contributed by atoms with Gasteiger partial charge in [-0.05, 0) is 17.7 Å². The van der Waals surface area contributed by atoms with Crippen LogP contribution in [-0.4, -0.2) is 6.29 Å². The van der Waals surface area contributed by atoms with Crippen molar-refractivity contribution in [2.75, 3.05) is 0 Å². The molecule has 0 bridgehead atoms. The molecule has 0 amide bonds. The van der Waals surface area contributed by atoms with E-state index in [1.54, 1.807) is 0 Å². The molecular formula is C10H6F6O. The first-order valence-corrected chi connectivity index (χ1v) is 4.37. The lowest BCUT2D eigenvalue weighted by Gasteiger charge is -2.16. The minimum atomic E-state index is -5.11. The number of rotatable bonds is 2. The summed E-state index contributed by atoms with van der Waals surface area (Å²) in [7, 11) is 0. The van der Waals surface area contributed by atoms with Crippen LogP contribution in [0.1, 0.15) is 16.7 Å². The lowest BCUT2D eigenvalue weighted by molar-refractivity contribution is -0.162. The first-order chi connectivity index (χ1) is 7.66. The van der Waals surface area contributed by atoms with Crippen LogP contribution in [0.5, 0.6) is 0 Å². The van der Waals surface area contributed by atoms with Crippen LogP contribution >= 0.6 is 0 Å². The molecule has 0 fully saturated rings. The number of hydrogen-bond acceptors (Lipinski definition) is 1. The molecule has 0 unspecified atom stereocenters.